The van der Waals surface area contributed by atoms with E-state index in [1.54, 1.807) is 24.3 Å². The summed E-state index contributed by atoms with van der Waals surface area (Å²) in [6.07, 6.45) is 3.45. The summed E-state index contributed by atoms with van der Waals surface area (Å²) in [7, 11) is -3.83. The molecule has 0 fully saturated rings. The number of allylic oxidation sites excluding steroid dienone is 1. The van der Waals surface area contributed by atoms with Crippen LogP contribution in [-0.2, 0) is 37.0 Å². The number of nitrogens with zero attached hydrogens (tertiary/aromatic N) is 1. The largest absolute Gasteiger partial charge is 0.445 e. The smallest absolute Gasteiger partial charge is 0.410 e. The third-order valence-corrected chi connectivity index (χ3v) is 6.13. The molecule has 0 saturated heterocycles. The Morgan fingerprint density at radius 1 is 1.03 bits per heavy atom. The highest BCUT2D eigenvalue weighted by molar-refractivity contribution is 7.89. The fourth-order valence-corrected chi connectivity index (χ4v) is 4.02. The van der Waals surface area contributed by atoms with Crippen LogP contribution in [0.4, 0.5) is 4.79 Å². The Labute approximate surface area is 207 Å². The van der Waals surface area contributed by atoms with E-state index in [0.29, 0.717) is 12.8 Å². The van der Waals surface area contributed by atoms with E-state index in [1.165, 1.54) is 11.0 Å². The molecule has 1 radical (unpaired) electrons. The van der Waals surface area contributed by atoms with Gasteiger partial charge in [-0.15, -0.1) is 0 Å². The summed E-state index contributed by atoms with van der Waals surface area (Å²) in [6.45, 7) is 3.70. The summed E-state index contributed by atoms with van der Waals surface area (Å²) in [5.41, 5.74) is 7.77. The zero-order chi connectivity index (χ0) is 25.7. The molecule has 1 amide bonds. The van der Waals surface area contributed by atoms with E-state index in [0.717, 1.165) is 16.5 Å². The molecule has 1 unspecified atom stereocenters. The average Bonchev–Trinajstić information content (AvgIpc) is 2.85. The number of rotatable bonds is 14. The Balaban J connectivity index is 1.89. The molecule has 9 heteroatoms. The Hall–Kier alpha value is -3.01. The van der Waals surface area contributed by atoms with Gasteiger partial charge < -0.3 is 10.5 Å². The van der Waals surface area contributed by atoms with Crippen LogP contribution in [0, 0.1) is 5.92 Å². The first-order valence-corrected chi connectivity index (χ1v) is 12.9. The van der Waals surface area contributed by atoms with Crippen molar-refractivity contribution in [3.63, 3.8) is 0 Å². The minimum atomic E-state index is -3.83. The van der Waals surface area contributed by atoms with Gasteiger partial charge in [0.25, 0.3) is 10.1 Å². The summed E-state index contributed by atoms with van der Waals surface area (Å²) in [5.74, 6) is -0.184. The molecule has 2 atom stereocenters. The summed E-state index contributed by atoms with van der Waals surface area (Å²) in [4.78, 5) is 25.6. The Kier molecular flexibility index (Phi) is 11.6. The number of hydrogen-bond donors (Lipinski definition) is 1. The van der Waals surface area contributed by atoms with E-state index in [-0.39, 0.29) is 25.7 Å². The van der Waals surface area contributed by atoms with Gasteiger partial charge in [-0.3, -0.25) is 13.9 Å². The molecular weight excluding hydrogens is 468 g/mol. The molecule has 0 aromatic heterocycles. The van der Waals surface area contributed by atoms with E-state index in [4.69, 9.17) is 14.7 Å². The van der Waals surface area contributed by atoms with E-state index in [1.807, 2.05) is 56.5 Å². The molecular formula is C26H33N2O6S. The Morgan fingerprint density at radius 2 is 1.60 bits per heavy atom. The second kappa shape index (κ2) is 14.4. The molecule has 0 spiro atoms. The van der Waals surface area contributed by atoms with Crippen LogP contribution in [0.2, 0.25) is 0 Å². The van der Waals surface area contributed by atoms with Crippen LogP contribution in [0.25, 0.3) is 0 Å². The molecule has 189 valence electrons. The Bertz CT molecular complexity index is 1040. The van der Waals surface area contributed by atoms with Crippen LogP contribution in [-0.4, -0.2) is 44.3 Å². The number of carbonyl (C=O) groups excluding carboxylic acids is 2. The highest BCUT2D eigenvalue weighted by Gasteiger charge is 2.29. The molecule has 0 bridgehead atoms. The predicted octanol–water partition coefficient (Wildman–Crippen LogP) is 3.93. The van der Waals surface area contributed by atoms with E-state index >= 15 is 0 Å². The molecule has 2 aromatic rings. The van der Waals surface area contributed by atoms with Gasteiger partial charge in [0.05, 0.1) is 12.0 Å². The third kappa shape index (κ3) is 10.4. The molecule has 2 aromatic carbocycles. The van der Waals surface area contributed by atoms with Crippen molar-refractivity contribution in [2.24, 2.45) is 11.7 Å². The van der Waals surface area contributed by atoms with E-state index in [2.05, 4.69) is 0 Å². The van der Waals surface area contributed by atoms with Crippen LogP contribution in [0.15, 0.2) is 72.1 Å². The van der Waals surface area contributed by atoms with Gasteiger partial charge in [-0.25, -0.2) is 4.79 Å². The van der Waals surface area contributed by atoms with Crippen LogP contribution in [0.3, 0.4) is 0 Å². The SMILES string of the molecule is CC(C)[C@@H]([C]=O)N(CC(N)CC/C=C/S(=O)(=O)OCc1ccccc1)C(=O)OCc1ccccc1. The number of ether oxygens (including phenoxy) is 1. The van der Waals surface area contributed by atoms with Crippen molar-refractivity contribution in [3.05, 3.63) is 83.3 Å². The van der Waals surface area contributed by atoms with Gasteiger partial charge in [0.2, 0.25) is 6.29 Å². The lowest BCUT2D eigenvalue weighted by molar-refractivity contribution is 0.0797. The van der Waals surface area contributed by atoms with Crippen molar-refractivity contribution in [1.82, 2.24) is 4.90 Å². The van der Waals surface area contributed by atoms with Crippen molar-refractivity contribution in [1.29, 1.82) is 0 Å². The number of benzene rings is 2. The lowest BCUT2D eigenvalue weighted by atomic mass is 10.0. The van der Waals surface area contributed by atoms with Gasteiger partial charge in [-0.1, -0.05) is 80.6 Å². The van der Waals surface area contributed by atoms with E-state index in [9.17, 15) is 18.0 Å². The van der Waals surface area contributed by atoms with Crippen molar-refractivity contribution in [2.45, 2.75) is 52.0 Å². The van der Waals surface area contributed by atoms with Crippen molar-refractivity contribution in [3.8, 4) is 0 Å². The standard InChI is InChI=1S/C26H33N2O6S/c1-21(2)25(18-29)28(26(30)33-19-22-11-5-3-6-12-22)17-24(27)15-9-10-16-35(31,32)34-20-23-13-7-4-8-14-23/h3-8,10-14,16,21,24-25H,9,15,17,19-20,27H2,1-2H3/b16-10+/t24?,25-/m1/s1. The summed E-state index contributed by atoms with van der Waals surface area (Å²) < 4.78 is 34.5. The van der Waals surface area contributed by atoms with E-state index < -0.39 is 28.3 Å². The molecule has 0 aliphatic rings. The van der Waals surface area contributed by atoms with Gasteiger partial charge in [-0.2, -0.15) is 8.42 Å². The molecule has 0 saturated carbocycles. The molecule has 2 N–H and O–H groups in total. The van der Waals surface area contributed by atoms with Gasteiger partial charge >= 0.3 is 6.09 Å². The predicted molar refractivity (Wildman–Crippen MR) is 134 cm³/mol. The normalized spacial score (nSPS) is 13.5. The van der Waals surface area contributed by atoms with Gasteiger partial charge in [0.15, 0.2) is 0 Å². The molecule has 0 aliphatic heterocycles. The zero-order valence-electron chi connectivity index (χ0n) is 20.1. The van der Waals surface area contributed by atoms with Crippen LogP contribution in [0.1, 0.15) is 37.8 Å². The second-order valence-corrected chi connectivity index (χ2v) is 9.94. The third-order valence-electron chi connectivity index (χ3n) is 5.16. The molecule has 35 heavy (non-hydrogen) atoms. The lowest BCUT2D eigenvalue weighted by Crippen LogP contribution is -2.49. The maximum absolute atomic E-state index is 12.8. The van der Waals surface area contributed by atoms with Crippen molar-refractivity contribution < 1.29 is 26.9 Å². The Morgan fingerprint density at radius 3 is 2.14 bits per heavy atom. The maximum Gasteiger partial charge on any atom is 0.410 e. The number of amides is 1. The topological polar surface area (TPSA) is 116 Å². The monoisotopic (exact) mass is 501 g/mol. The highest BCUT2D eigenvalue weighted by atomic mass is 32.2. The van der Waals surface area contributed by atoms with Crippen molar-refractivity contribution in [2.75, 3.05) is 6.54 Å². The lowest BCUT2D eigenvalue weighted by Gasteiger charge is -2.31. The van der Waals surface area contributed by atoms with Crippen LogP contribution in [0.5, 0.6) is 0 Å². The minimum Gasteiger partial charge on any atom is -0.445 e. The molecule has 0 heterocycles. The molecule has 0 aliphatic carbocycles. The van der Waals surface area contributed by atoms with Gasteiger partial charge in [0.1, 0.15) is 12.6 Å². The molecule has 8 nitrogen and oxygen atoms in total. The maximum atomic E-state index is 12.8. The van der Waals surface area contributed by atoms with Crippen molar-refractivity contribution >= 4 is 22.5 Å². The highest BCUT2D eigenvalue weighted by Crippen LogP contribution is 2.14. The van der Waals surface area contributed by atoms with Crippen LogP contribution >= 0.6 is 0 Å². The average molecular weight is 502 g/mol. The number of nitrogens with two attached hydrogens (primary N) is 1. The number of hydrogen-bond acceptors (Lipinski definition) is 7. The first-order chi connectivity index (χ1) is 16.7. The first kappa shape index (κ1) is 28.2. The summed E-state index contributed by atoms with van der Waals surface area (Å²) in [6, 6.07) is 16.9. The summed E-state index contributed by atoms with van der Waals surface area (Å²) >= 11 is 0. The quantitative estimate of drug-likeness (QED) is 0.390. The van der Waals surface area contributed by atoms with Gasteiger partial charge in [0, 0.05) is 12.6 Å². The second-order valence-electron chi connectivity index (χ2n) is 8.45. The van der Waals surface area contributed by atoms with Crippen LogP contribution < -0.4 is 5.73 Å². The number of carbonyl (C=O) groups is 1. The first-order valence-electron chi connectivity index (χ1n) is 11.4. The fourth-order valence-electron chi connectivity index (χ4n) is 3.27. The zero-order valence-corrected chi connectivity index (χ0v) is 20.9. The van der Waals surface area contributed by atoms with Gasteiger partial charge in [-0.05, 0) is 29.9 Å². The molecule has 2 rings (SSSR count). The summed E-state index contributed by atoms with van der Waals surface area (Å²) in [5, 5.41) is 1.00. The minimum absolute atomic E-state index is 0.0497. The fraction of sp³-hybridized carbons (Fsp3) is 0.385.